The van der Waals surface area contributed by atoms with E-state index in [1.807, 2.05) is 0 Å². The lowest BCUT2D eigenvalue weighted by Crippen LogP contribution is -2.37. The van der Waals surface area contributed by atoms with Crippen LogP contribution in [0, 0.1) is 5.92 Å². The molecule has 1 amide bonds. The van der Waals surface area contributed by atoms with Crippen LogP contribution in [0.4, 0.5) is 0 Å². The van der Waals surface area contributed by atoms with Gasteiger partial charge in [-0.05, 0) is 12.8 Å². The molecule has 0 aromatic carbocycles. The molecule has 2 heterocycles. The Hall–Kier alpha value is -1.06. The van der Waals surface area contributed by atoms with Gasteiger partial charge in [-0.2, -0.15) is 0 Å². The average Bonchev–Trinajstić information content (AvgIpc) is 2.29. The Labute approximate surface area is 71.4 Å². The summed E-state index contributed by atoms with van der Waals surface area (Å²) < 4.78 is 0. The largest absolute Gasteiger partial charge is 0.371 e. The summed E-state index contributed by atoms with van der Waals surface area (Å²) in [6.45, 7) is 2.39. The molecular formula is C8H13N3O. The van der Waals surface area contributed by atoms with Gasteiger partial charge in [0.15, 0.2) is 0 Å². The summed E-state index contributed by atoms with van der Waals surface area (Å²) in [5.41, 5.74) is 0. The maximum atomic E-state index is 11.4. The summed E-state index contributed by atoms with van der Waals surface area (Å²) >= 11 is 0. The van der Waals surface area contributed by atoms with Crippen molar-refractivity contribution in [3.8, 4) is 0 Å². The van der Waals surface area contributed by atoms with Gasteiger partial charge in [0.1, 0.15) is 5.84 Å². The van der Waals surface area contributed by atoms with Crippen LogP contribution in [0.1, 0.15) is 12.8 Å². The number of fused-ring (bicyclic) bond motifs is 1. The number of nitrogens with one attached hydrogen (secondary N) is 2. The number of hydrogen-bond acceptors (Lipinski definition) is 3. The van der Waals surface area contributed by atoms with Crippen molar-refractivity contribution >= 4 is 11.7 Å². The Bertz CT molecular complexity index is 224. The molecule has 2 aliphatic heterocycles. The van der Waals surface area contributed by atoms with E-state index in [4.69, 9.17) is 0 Å². The third kappa shape index (κ3) is 1.29. The standard InChI is InChI=1S/C8H13N3O/c12-8-6-2-1-3-9-7(6)10-4-5-11-8/h6H,1-5H2,(H,9,10)(H,11,12). The number of nitrogens with zero attached hydrogens (tertiary/aromatic N) is 1. The molecule has 0 aromatic heterocycles. The molecule has 4 nitrogen and oxygen atoms in total. The number of amidine groups is 1. The fourth-order valence-electron chi connectivity index (χ4n) is 1.68. The summed E-state index contributed by atoms with van der Waals surface area (Å²) in [5.74, 6) is 1.04. The molecule has 2 rings (SSSR count). The molecule has 0 bridgehead atoms. The highest BCUT2D eigenvalue weighted by Gasteiger charge is 2.27. The first kappa shape index (κ1) is 7.58. The zero-order chi connectivity index (χ0) is 8.39. The Morgan fingerprint density at radius 2 is 2.17 bits per heavy atom. The molecule has 4 heteroatoms. The molecule has 0 aliphatic carbocycles. The van der Waals surface area contributed by atoms with Crippen molar-refractivity contribution in [2.24, 2.45) is 10.9 Å². The monoisotopic (exact) mass is 167 g/mol. The van der Waals surface area contributed by atoms with E-state index in [9.17, 15) is 4.79 Å². The van der Waals surface area contributed by atoms with Gasteiger partial charge in [0, 0.05) is 19.6 Å². The fourth-order valence-corrected chi connectivity index (χ4v) is 1.68. The van der Waals surface area contributed by atoms with Gasteiger partial charge in [0.2, 0.25) is 5.91 Å². The normalized spacial score (nSPS) is 29.2. The lowest BCUT2D eigenvalue weighted by molar-refractivity contribution is -0.123. The third-order valence-corrected chi connectivity index (χ3v) is 2.31. The number of hydrogen-bond donors (Lipinski definition) is 2. The van der Waals surface area contributed by atoms with Crippen molar-refractivity contribution in [2.75, 3.05) is 19.6 Å². The minimum Gasteiger partial charge on any atom is -0.371 e. The average molecular weight is 167 g/mol. The summed E-state index contributed by atoms with van der Waals surface area (Å²) in [7, 11) is 0. The fraction of sp³-hybridized carbons (Fsp3) is 0.750. The Balaban J connectivity index is 2.19. The lowest BCUT2D eigenvalue weighted by atomic mass is 9.98. The SMILES string of the molecule is O=C1NCCNC2=NCCCC12. The van der Waals surface area contributed by atoms with Crippen LogP contribution in [-0.4, -0.2) is 31.4 Å². The van der Waals surface area contributed by atoms with Crippen LogP contribution in [0.15, 0.2) is 4.99 Å². The smallest absolute Gasteiger partial charge is 0.230 e. The van der Waals surface area contributed by atoms with E-state index >= 15 is 0 Å². The zero-order valence-corrected chi connectivity index (χ0v) is 6.97. The van der Waals surface area contributed by atoms with Crippen molar-refractivity contribution in [3.63, 3.8) is 0 Å². The number of aliphatic imine (C=N–C) groups is 1. The van der Waals surface area contributed by atoms with E-state index in [0.29, 0.717) is 6.54 Å². The molecule has 2 N–H and O–H groups in total. The highest BCUT2D eigenvalue weighted by molar-refractivity contribution is 6.04. The van der Waals surface area contributed by atoms with Crippen LogP contribution < -0.4 is 10.6 Å². The maximum absolute atomic E-state index is 11.4. The molecule has 1 unspecified atom stereocenters. The topological polar surface area (TPSA) is 53.5 Å². The van der Waals surface area contributed by atoms with Crippen LogP contribution >= 0.6 is 0 Å². The van der Waals surface area contributed by atoms with Gasteiger partial charge in [0.25, 0.3) is 0 Å². The minimum atomic E-state index is 0.00116. The highest BCUT2D eigenvalue weighted by Crippen LogP contribution is 2.14. The van der Waals surface area contributed by atoms with Gasteiger partial charge in [-0.15, -0.1) is 0 Å². The molecule has 0 spiro atoms. The van der Waals surface area contributed by atoms with Gasteiger partial charge < -0.3 is 10.6 Å². The first-order valence-corrected chi connectivity index (χ1v) is 4.44. The van der Waals surface area contributed by atoms with Crippen LogP contribution in [0.3, 0.4) is 0 Å². The van der Waals surface area contributed by atoms with Gasteiger partial charge in [-0.25, -0.2) is 0 Å². The van der Waals surface area contributed by atoms with Gasteiger partial charge in [0.05, 0.1) is 5.92 Å². The molecule has 2 aliphatic rings. The van der Waals surface area contributed by atoms with Crippen LogP contribution in [0.2, 0.25) is 0 Å². The molecule has 1 saturated heterocycles. The Morgan fingerprint density at radius 1 is 1.33 bits per heavy atom. The lowest BCUT2D eigenvalue weighted by Gasteiger charge is -2.19. The quantitative estimate of drug-likeness (QED) is 0.511. The number of carbonyl (C=O) groups is 1. The van der Waals surface area contributed by atoms with Crippen LogP contribution in [0.25, 0.3) is 0 Å². The van der Waals surface area contributed by atoms with E-state index in [1.165, 1.54) is 0 Å². The van der Waals surface area contributed by atoms with E-state index in [0.717, 1.165) is 31.8 Å². The Morgan fingerprint density at radius 3 is 3.08 bits per heavy atom. The molecule has 1 atom stereocenters. The summed E-state index contributed by atoms with van der Waals surface area (Å²) in [5, 5.41) is 6.04. The Kier molecular flexibility index (Phi) is 1.98. The number of amides is 1. The molecule has 0 aromatic rings. The second kappa shape index (κ2) is 3.13. The first-order valence-electron chi connectivity index (χ1n) is 4.44. The van der Waals surface area contributed by atoms with E-state index in [2.05, 4.69) is 15.6 Å². The van der Waals surface area contributed by atoms with Crippen LogP contribution in [0.5, 0.6) is 0 Å². The predicted octanol–water partition coefficient (Wildman–Crippen LogP) is -0.486. The van der Waals surface area contributed by atoms with Gasteiger partial charge in [-0.1, -0.05) is 0 Å². The predicted molar refractivity (Wildman–Crippen MR) is 46.0 cm³/mol. The van der Waals surface area contributed by atoms with Gasteiger partial charge in [-0.3, -0.25) is 9.79 Å². The van der Waals surface area contributed by atoms with Crippen molar-refractivity contribution in [1.82, 2.24) is 10.6 Å². The second-order valence-corrected chi connectivity index (χ2v) is 3.18. The maximum Gasteiger partial charge on any atom is 0.230 e. The number of rotatable bonds is 0. The zero-order valence-electron chi connectivity index (χ0n) is 6.97. The van der Waals surface area contributed by atoms with E-state index < -0.39 is 0 Å². The molecular weight excluding hydrogens is 154 g/mol. The number of carbonyl (C=O) groups excluding carboxylic acids is 1. The first-order chi connectivity index (χ1) is 5.88. The second-order valence-electron chi connectivity index (χ2n) is 3.18. The van der Waals surface area contributed by atoms with Crippen molar-refractivity contribution in [3.05, 3.63) is 0 Å². The molecule has 12 heavy (non-hydrogen) atoms. The molecule has 0 saturated carbocycles. The minimum absolute atomic E-state index is 0.00116. The third-order valence-electron chi connectivity index (χ3n) is 2.31. The highest BCUT2D eigenvalue weighted by atomic mass is 16.1. The van der Waals surface area contributed by atoms with E-state index in [1.54, 1.807) is 0 Å². The summed E-state index contributed by atoms with van der Waals surface area (Å²) in [4.78, 5) is 15.7. The van der Waals surface area contributed by atoms with Crippen molar-refractivity contribution in [1.29, 1.82) is 0 Å². The van der Waals surface area contributed by atoms with Crippen molar-refractivity contribution < 1.29 is 4.79 Å². The molecule has 0 radical (unpaired) electrons. The van der Waals surface area contributed by atoms with Crippen LogP contribution in [-0.2, 0) is 4.79 Å². The summed E-state index contributed by atoms with van der Waals surface area (Å²) in [6, 6.07) is 0. The molecule has 1 fully saturated rings. The van der Waals surface area contributed by atoms with E-state index in [-0.39, 0.29) is 11.8 Å². The van der Waals surface area contributed by atoms with Gasteiger partial charge >= 0.3 is 0 Å². The summed E-state index contributed by atoms with van der Waals surface area (Å²) in [6.07, 6.45) is 1.97. The molecule has 66 valence electrons. The van der Waals surface area contributed by atoms with Crippen molar-refractivity contribution in [2.45, 2.75) is 12.8 Å².